The zero-order valence-electron chi connectivity index (χ0n) is 14.9. The minimum absolute atomic E-state index is 0.0876. The van der Waals surface area contributed by atoms with Crippen LogP contribution in [0.2, 0.25) is 0 Å². The third-order valence-corrected chi connectivity index (χ3v) is 5.43. The van der Waals surface area contributed by atoms with Gasteiger partial charge in [0.1, 0.15) is 5.56 Å². The lowest BCUT2D eigenvalue weighted by molar-refractivity contribution is 0.104. The van der Waals surface area contributed by atoms with Gasteiger partial charge < -0.3 is 5.11 Å². The zero-order valence-corrected chi connectivity index (χ0v) is 16.5. The number of carbonyl (C=O) groups is 1. The summed E-state index contributed by atoms with van der Waals surface area (Å²) in [6.45, 7) is 0. The van der Waals surface area contributed by atoms with Crippen molar-refractivity contribution in [2.24, 2.45) is 19.1 Å². The van der Waals surface area contributed by atoms with E-state index >= 15 is 0 Å². The lowest BCUT2D eigenvalue weighted by atomic mass is 10.1. The molecule has 0 atom stereocenters. The van der Waals surface area contributed by atoms with Crippen molar-refractivity contribution in [3.05, 3.63) is 78.4 Å². The molecule has 0 saturated heterocycles. The molecule has 140 valence electrons. The van der Waals surface area contributed by atoms with Crippen LogP contribution < -0.4 is 11.2 Å². The standard InChI is InChI=1S/C20H14BrN3O4/c1-23-18(26)14(19(27)24(2)20(23)28)9-22-16-8-13-12(7-15(16)21)10-5-3-4-6-11(10)17(13)25/h3-9,26H,1-2H3. The van der Waals surface area contributed by atoms with Crippen molar-refractivity contribution < 1.29 is 9.90 Å². The van der Waals surface area contributed by atoms with Gasteiger partial charge in [0, 0.05) is 35.9 Å². The van der Waals surface area contributed by atoms with Crippen LogP contribution in [0, 0.1) is 0 Å². The molecule has 0 aliphatic heterocycles. The van der Waals surface area contributed by atoms with Crippen LogP contribution in [0.4, 0.5) is 5.69 Å². The highest BCUT2D eigenvalue weighted by Crippen LogP contribution is 2.41. The van der Waals surface area contributed by atoms with Crippen molar-refractivity contribution >= 4 is 33.6 Å². The Morgan fingerprint density at radius 1 is 0.964 bits per heavy atom. The van der Waals surface area contributed by atoms with E-state index < -0.39 is 17.1 Å². The molecule has 7 nitrogen and oxygen atoms in total. The van der Waals surface area contributed by atoms with Crippen LogP contribution >= 0.6 is 15.9 Å². The van der Waals surface area contributed by atoms with Crippen molar-refractivity contribution in [3.63, 3.8) is 0 Å². The molecule has 4 rings (SSSR count). The second-order valence-electron chi connectivity index (χ2n) is 6.43. The van der Waals surface area contributed by atoms with Gasteiger partial charge >= 0.3 is 5.69 Å². The summed E-state index contributed by atoms with van der Waals surface area (Å²) in [7, 11) is 2.68. The Bertz CT molecular complexity index is 1320. The van der Waals surface area contributed by atoms with Gasteiger partial charge in [0.15, 0.2) is 5.78 Å². The maximum atomic E-state index is 12.7. The number of halogens is 1. The van der Waals surface area contributed by atoms with Crippen molar-refractivity contribution in [1.82, 2.24) is 9.13 Å². The predicted octanol–water partition coefficient (Wildman–Crippen LogP) is 2.51. The number of hydrogen-bond donors (Lipinski definition) is 1. The minimum Gasteiger partial charge on any atom is -0.494 e. The van der Waals surface area contributed by atoms with E-state index in [1.807, 2.05) is 24.3 Å². The topological polar surface area (TPSA) is 93.7 Å². The number of hydrogen-bond acceptors (Lipinski definition) is 5. The molecule has 0 spiro atoms. The lowest BCUT2D eigenvalue weighted by Crippen LogP contribution is -2.38. The summed E-state index contributed by atoms with van der Waals surface area (Å²) in [6.07, 6.45) is 1.19. The number of benzene rings is 2. The first-order chi connectivity index (χ1) is 13.3. The molecular weight excluding hydrogens is 426 g/mol. The van der Waals surface area contributed by atoms with Crippen molar-refractivity contribution in [1.29, 1.82) is 0 Å². The maximum Gasteiger partial charge on any atom is 0.333 e. The monoisotopic (exact) mass is 439 g/mol. The van der Waals surface area contributed by atoms with Crippen molar-refractivity contribution in [3.8, 4) is 17.0 Å². The summed E-state index contributed by atoms with van der Waals surface area (Å²) in [6, 6.07) is 10.8. The molecule has 1 aliphatic rings. The third-order valence-electron chi connectivity index (χ3n) is 4.79. The summed E-state index contributed by atoms with van der Waals surface area (Å²) in [5.41, 5.74) is 1.84. The van der Waals surface area contributed by atoms with E-state index in [1.54, 1.807) is 12.1 Å². The second-order valence-corrected chi connectivity index (χ2v) is 7.28. The summed E-state index contributed by atoms with van der Waals surface area (Å²) in [5, 5.41) is 10.1. The SMILES string of the molecule is Cn1c(O)c(C=Nc2cc3c(cc2Br)-c2ccccc2C3=O)c(=O)n(C)c1=O. The van der Waals surface area contributed by atoms with E-state index in [2.05, 4.69) is 20.9 Å². The highest BCUT2D eigenvalue weighted by Gasteiger charge is 2.27. The Morgan fingerprint density at radius 3 is 2.36 bits per heavy atom. The largest absolute Gasteiger partial charge is 0.494 e. The number of nitrogens with zero attached hydrogens (tertiary/aromatic N) is 3. The molecule has 0 amide bonds. The minimum atomic E-state index is -0.662. The lowest BCUT2D eigenvalue weighted by Gasteiger charge is -2.07. The quantitative estimate of drug-likeness (QED) is 0.485. The second kappa shape index (κ2) is 6.42. The van der Waals surface area contributed by atoms with Gasteiger partial charge in [-0.1, -0.05) is 24.3 Å². The molecule has 0 radical (unpaired) electrons. The first-order valence-electron chi connectivity index (χ1n) is 8.32. The molecule has 1 aromatic heterocycles. The van der Waals surface area contributed by atoms with Crippen LogP contribution in [0.15, 0.2) is 55.5 Å². The van der Waals surface area contributed by atoms with Gasteiger partial charge in [-0.05, 0) is 39.2 Å². The van der Waals surface area contributed by atoms with Gasteiger partial charge in [0.05, 0.1) is 5.69 Å². The van der Waals surface area contributed by atoms with Gasteiger partial charge in [-0.15, -0.1) is 0 Å². The maximum absolute atomic E-state index is 12.7. The molecule has 0 fully saturated rings. The molecular formula is C20H14BrN3O4. The van der Waals surface area contributed by atoms with Crippen LogP contribution in [0.25, 0.3) is 11.1 Å². The summed E-state index contributed by atoms with van der Waals surface area (Å²) in [4.78, 5) is 41.1. The molecule has 2 aromatic carbocycles. The number of fused-ring (bicyclic) bond motifs is 3. The highest BCUT2D eigenvalue weighted by atomic mass is 79.9. The van der Waals surface area contributed by atoms with E-state index in [4.69, 9.17) is 0 Å². The van der Waals surface area contributed by atoms with Gasteiger partial charge in [0.25, 0.3) is 5.56 Å². The average Bonchev–Trinajstić information content (AvgIpc) is 2.97. The fourth-order valence-electron chi connectivity index (χ4n) is 3.24. The summed E-state index contributed by atoms with van der Waals surface area (Å²) in [5.74, 6) is -0.562. The van der Waals surface area contributed by atoms with E-state index in [0.717, 1.165) is 20.3 Å². The Balaban J connectivity index is 1.83. The van der Waals surface area contributed by atoms with Crippen molar-refractivity contribution in [2.75, 3.05) is 0 Å². The molecule has 0 saturated carbocycles. The van der Waals surface area contributed by atoms with Crippen LogP contribution in [0.3, 0.4) is 0 Å². The molecule has 0 unspecified atom stereocenters. The fraction of sp³-hybridized carbons (Fsp3) is 0.100. The number of aliphatic imine (C=N–C) groups is 1. The normalized spacial score (nSPS) is 12.5. The number of rotatable bonds is 2. The summed E-state index contributed by atoms with van der Waals surface area (Å²) >= 11 is 3.45. The first kappa shape index (κ1) is 18.1. The molecule has 3 aromatic rings. The van der Waals surface area contributed by atoms with Gasteiger partial charge in [-0.25, -0.2) is 4.79 Å². The van der Waals surface area contributed by atoms with Crippen LogP contribution in [0.5, 0.6) is 5.88 Å². The van der Waals surface area contributed by atoms with Gasteiger partial charge in [-0.2, -0.15) is 0 Å². The predicted molar refractivity (Wildman–Crippen MR) is 109 cm³/mol. The Morgan fingerprint density at radius 2 is 1.64 bits per heavy atom. The number of ketones is 1. The smallest absolute Gasteiger partial charge is 0.333 e. The number of aromatic nitrogens is 2. The van der Waals surface area contributed by atoms with E-state index in [0.29, 0.717) is 21.3 Å². The highest BCUT2D eigenvalue weighted by molar-refractivity contribution is 9.10. The molecule has 1 aliphatic carbocycles. The molecule has 0 bridgehead atoms. The fourth-order valence-corrected chi connectivity index (χ4v) is 3.68. The van der Waals surface area contributed by atoms with E-state index in [9.17, 15) is 19.5 Å². The molecule has 8 heteroatoms. The van der Waals surface area contributed by atoms with Crippen molar-refractivity contribution in [2.45, 2.75) is 0 Å². The third kappa shape index (κ3) is 2.56. The number of aromatic hydroxyl groups is 1. The Kier molecular flexibility index (Phi) is 4.15. The Hall–Kier alpha value is -3.26. The van der Waals surface area contributed by atoms with Gasteiger partial charge in [0.2, 0.25) is 5.88 Å². The summed E-state index contributed by atoms with van der Waals surface area (Å²) < 4.78 is 2.48. The van der Waals surface area contributed by atoms with E-state index in [-0.39, 0.29) is 11.3 Å². The van der Waals surface area contributed by atoms with Crippen LogP contribution in [-0.4, -0.2) is 26.2 Å². The molecule has 28 heavy (non-hydrogen) atoms. The number of carbonyl (C=O) groups excluding carboxylic acids is 1. The molecule has 1 heterocycles. The Labute approximate surface area is 167 Å². The molecule has 1 N–H and O–H groups in total. The first-order valence-corrected chi connectivity index (χ1v) is 9.11. The van der Waals surface area contributed by atoms with Crippen LogP contribution in [-0.2, 0) is 14.1 Å². The average molecular weight is 440 g/mol. The van der Waals surface area contributed by atoms with E-state index in [1.165, 1.54) is 20.3 Å². The van der Waals surface area contributed by atoms with Gasteiger partial charge in [-0.3, -0.25) is 23.7 Å². The van der Waals surface area contributed by atoms with Crippen LogP contribution in [0.1, 0.15) is 21.5 Å². The zero-order chi connectivity index (χ0) is 20.2.